The molecule has 2 heteroatoms. The highest BCUT2D eigenvalue weighted by atomic mass is 32.1. The standard InChI is InChI=1S/C8H9OS/c1-6(2)7-3-4-10-8(7)5-9/h3-4,6H,1-2H3. The Balaban J connectivity index is 3.01. The van der Waals surface area contributed by atoms with Crippen molar-refractivity contribution in [1.82, 2.24) is 0 Å². The zero-order valence-corrected chi connectivity index (χ0v) is 6.87. The first kappa shape index (κ1) is 7.48. The van der Waals surface area contributed by atoms with Gasteiger partial charge in [-0.15, -0.1) is 11.3 Å². The van der Waals surface area contributed by atoms with Crippen molar-refractivity contribution < 1.29 is 4.79 Å². The summed E-state index contributed by atoms with van der Waals surface area (Å²) in [5, 5.41) is 1.93. The van der Waals surface area contributed by atoms with E-state index < -0.39 is 0 Å². The van der Waals surface area contributed by atoms with Gasteiger partial charge >= 0.3 is 0 Å². The first-order valence-corrected chi connectivity index (χ1v) is 4.09. The van der Waals surface area contributed by atoms with Gasteiger partial charge in [-0.25, -0.2) is 0 Å². The van der Waals surface area contributed by atoms with Crippen LogP contribution >= 0.6 is 11.3 Å². The molecule has 0 N–H and O–H groups in total. The Labute approximate surface area is 64.7 Å². The van der Waals surface area contributed by atoms with Crippen molar-refractivity contribution in [2.45, 2.75) is 19.8 Å². The molecule has 1 aromatic heterocycles. The first-order valence-electron chi connectivity index (χ1n) is 3.21. The van der Waals surface area contributed by atoms with Gasteiger partial charge < -0.3 is 0 Å². The third kappa shape index (κ3) is 1.27. The van der Waals surface area contributed by atoms with Crippen molar-refractivity contribution in [1.29, 1.82) is 0 Å². The van der Waals surface area contributed by atoms with Crippen LogP contribution in [0.1, 0.15) is 30.2 Å². The maximum Gasteiger partial charge on any atom is 0.244 e. The number of hydrogen-bond donors (Lipinski definition) is 0. The highest BCUT2D eigenvalue weighted by Crippen LogP contribution is 2.22. The Hall–Kier alpha value is -0.630. The van der Waals surface area contributed by atoms with Crippen molar-refractivity contribution in [2.75, 3.05) is 0 Å². The van der Waals surface area contributed by atoms with Crippen LogP contribution in [0, 0.1) is 0 Å². The average Bonchev–Trinajstić information content (AvgIpc) is 2.33. The van der Waals surface area contributed by atoms with Crippen LogP contribution in [0.25, 0.3) is 0 Å². The molecule has 0 amide bonds. The van der Waals surface area contributed by atoms with Crippen molar-refractivity contribution >= 4 is 17.6 Å². The summed E-state index contributed by atoms with van der Waals surface area (Å²) in [5.74, 6) is 0.433. The predicted molar refractivity (Wildman–Crippen MR) is 43.2 cm³/mol. The van der Waals surface area contributed by atoms with Gasteiger partial charge in [0.15, 0.2) is 0 Å². The van der Waals surface area contributed by atoms with E-state index in [-0.39, 0.29) is 0 Å². The molecule has 0 aliphatic carbocycles. The topological polar surface area (TPSA) is 17.1 Å². The molecule has 1 nitrogen and oxygen atoms in total. The number of carbonyl (C=O) groups excluding carboxylic acids is 1. The van der Waals surface area contributed by atoms with Crippen LogP contribution in [-0.2, 0) is 4.79 Å². The van der Waals surface area contributed by atoms with Gasteiger partial charge in [-0.3, -0.25) is 4.79 Å². The SMILES string of the molecule is CC(C)c1ccsc1[C]=O. The summed E-state index contributed by atoms with van der Waals surface area (Å²) in [6.45, 7) is 4.14. The molecule has 0 atom stereocenters. The van der Waals surface area contributed by atoms with Crippen LogP contribution in [0.5, 0.6) is 0 Å². The molecule has 0 fully saturated rings. The van der Waals surface area contributed by atoms with Crippen LogP contribution in [0.2, 0.25) is 0 Å². The van der Waals surface area contributed by atoms with E-state index in [1.165, 1.54) is 11.3 Å². The minimum Gasteiger partial charge on any atom is -0.284 e. The lowest BCUT2D eigenvalue weighted by Crippen LogP contribution is -1.87. The molecule has 1 radical (unpaired) electrons. The minimum absolute atomic E-state index is 0.433. The molecule has 0 aromatic carbocycles. The summed E-state index contributed by atoms with van der Waals surface area (Å²) in [6, 6.07) is 1.98. The zero-order chi connectivity index (χ0) is 7.56. The van der Waals surface area contributed by atoms with E-state index in [1.54, 1.807) is 0 Å². The van der Waals surface area contributed by atoms with Crippen LogP contribution in [0.3, 0.4) is 0 Å². The van der Waals surface area contributed by atoms with Gasteiger partial charge in [0.1, 0.15) is 0 Å². The Morgan fingerprint density at radius 1 is 1.60 bits per heavy atom. The summed E-state index contributed by atoms with van der Waals surface area (Å²) in [4.78, 5) is 11.0. The minimum atomic E-state index is 0.433. The van der Waals surface area contributed by atoms with Crippen LogP contribution in [-0.4, -0.2) is 6.29 Å². The monoisotopic (exact) mass is 153 g/mol. The molecule has 0 aliphatic heterocycles. The summed E-state index contributed by atoms with van der Waals surface area (Å²) in [6.07, 6.45) is 1.93. The summed E-state index contributed by atoms with van der Waals surface area (Å²) in [5.41, 5.74) is 1.11. The molecule has 10 heavy (non-hydrogen) atoms. The van der Waals surface area contributed by atoms with E-state index in [0.717, 1.165) is 10.4 Å². The van der Waals surface area contributed by atoms with Crippen molar-refractivity contribution in [3.05, 3.63) is 21.9 Å². The van der Waals surface area contributed by atoms with Crippen LogP contribution in [0.4, 0.5) is 0 Å². The van der Waals surface area contributed by atoms with Gasteiger partial charge in [0.05, 0.1) is 4.88 Å². The van der Waals surface area contributed by atoms with Gasteiger partial charge in [0.2, 0.25) is 6.29 Å². The van der Waals surface area contributed by atoms with Gasteiger partial charge in [0.25, 0.3) is 0 Å². The Morgan fingerprint density at radius 2 is 2.30 bits per heavy atom. The molecule has 53 valence electrons. The molecule has 0 saturated heterocycles. The van der Waals surface area contributed by atoms with E-state index >= 15 is 0 Å². The summed E-state index contributed by atoms with van der Waals surface area (Å²) < 4.78 is 0. The van der Waals surface area contributed by atoms with Crippen molar-refractivity contribution in [3.8, 4) is 0 Å². The lowest BCUT2D eigenvalue weighted by atomic mass is 10.1. The second-order valence-electron chi connectivity index (χ2n) is 2.46. The lowest BCUT2D eigenvalue weighted by molar-refractivity contribution is 0.563. The number of rotatable bonds is 2. The molecule has 0 bridgehead atoms. The Kier molecular flexibility index (Phi) is 2.22. The normalized spacial score (nSPS) is 10.3. The predicted octanol–water partition coefficient (Wildman–Crippen LogP) is 2.33. The molecule has 0 aliphatic rings. The van der Waals surface area contributed by atoms with E-state index in [4.69, 9.17) is 0 Å². The maximum atomic E-state index is 10.3. The smallest absolute Gasteiger partial charge is 0.244 e. The van der Waals surface area contributed by atoms with Crippen molar-refractivity contribution in [2.24, 2.45) is 0 Å². The molecule has 1 heterocycles. The van der Waals surface area contributed by atoms with Crippen LogP contribution < -0.4 is 0 Å². The molecule has 0 unspecified atom stereocenters. The van der Waals surface area contributed by atoms with Gasteiger partial charge in [0, 0.05) is 0 Å². The second kappa shape index (κ2) is 2.97. The Morgan fingerprint density at radius 3 is 2.70 bits per heavy atom. The van der Waals surface area contributed by atoms with E-state index in [2.05, 4.69) is 13.8 Å². The third-order valence-corrected chi connectivity index (χ3v) is 2.24. The third-order valence-electron chi connectivity index (χ3n) is 1.41. The fourth-order valence-corrected chi connectivity index (χ4v) is 1.70. The highest BCUT2D eigenvalue weighted by Gasteiger charge is 2.06. The molecule has 0 spiro atoms. The Bertz CT molecular complexity index is 225. The van der Waals surface area contributed by atoms with Crippen molar-refractivity contribution in [3.63, 3.8) is 0 Å². The molecule has 0 saturated carbocycles. The van der Waals surface area contributed by atoms with E-state index in [0.29, 0.717) is 5.92 Å². The molecular weight excluding hydrogens is 144 g/mol. The largest absolute Gasteiger partial charge is 0.284 e. The zero-order valence-electron chi connectivity index (χ0n) is 6.05. The first-order chi connectivity index (χ1) is 4.75. The number of hydrogen-bond acceptors (Lipinski definition) is 2. The molecular formula is C8H9OS. The van der Waals surface area contributed by atoms with Crippen LogP contribution in [0.15, 0.2) is 11.4 Å². The molecule has 1 rings (SSSR count). The van der Waals surface area contributed by atoms with Gasteiger partial charge in [-0.2, -0.15) is 0 Å². The number of thiophene rings is 1. The quantitative estimate of drug-likeness (QED) is 0.637. The van der Waals surface area contributed by atoms with Gasteiger partial charge in [-0.1, -0.05) is 13.8 Å². The summed E-state index contributed by atoms with van der Waals surface area (Å²) >= 11 is 1.45. The fourth-order valence-electron chi connectivity index (χ4n) is 0.857. The average molecular weight is 153 g/mol. The summed E-state index contributed by atoms with van der Waals surface area (Å²) in [7, 11) is 0. The fraction of sp³-hybridized carbons (Fsp3) is 0.375. The van der Waals surface area contributed by atoms with E-state index in [1.807, 2.05) is 17.7 Å². The lowest BCUT2D eigenvalue weighted by Gasteiger charge is -1.99. The van der Waals surface area contributed by atoms with E-state index in [9.17, 15) is 4.79 Å². The molecule has 1 aromatic rings. The maximum absolute atomic E-state index is 10.3. The second-order valence-corrected chi connectivity index (χ2v) is 3.38. The highest BCUT2D eigenvalue weighted by molar-refractivity contribution is 7.11. The van der Waals surface area contributed by atoms with Gasteiger partial charge in [-0.05, 0) is 22.9 Å².